The van der Waals surface area contributed by atoms with Crippen molar-refractivity contribution in [3.63, 3.8) is 0 Å². The van der Waals surface area contributed by atoms with E-state index in [1.807, 2.05) is 0 Å². The van der Waals surface area contributed by atoms with E-state index in [-0.39, 0.29) is 12.2 Å². The molecule has 0 spiro atoms. The van der Waals surface area contributed by atoms with Gasteiger partial charge in [-0.25, -0.2) is 21.9 Å². The lowest BCUT2D eigenvalue weighted by atomic mass is 10.3. The lowest BCUT2D eigenvalue weighted by Gasteiger charge is -2.08. The Morgan fingerprint density at radius 1 is 1.32 bits per heavy atom. The minimum absolute atomic E-state index is 0.137. The molecule has 1 aromatic heterocycles. The number of nitrogens with zero attached hydrogens (tertiary/aromatic N) is 1. The van der Waals surface area contributed by atoms with E-state index in [0.717, 1.165) is 12.1 Å². The SMILES string of the molecule is Nc1cc(F)c(S(=O)(=O)NCc2cn[nH]c2)c(F)c1. The molecule has 9 heteroatoms. The third-order valence-corrected chi connectivity index (χ3v) is 3.76. The van der Waals surface area contributed by atoms with Crippen LogP contribution in [0.25, 0.3) is 0 Å². The number of aromatic nitrogens is 2. The highest BCUT2D eigenvalue weighted by Gasteiger charge is 2.24. The topological polar surface area (TPSA) is 101 Å². The van der Waals surface area contributed by atoms with Crippen molar-refractivity contribution < 1.29 is 17.2 Å². The maximum atomic E-state index is 13.5. The third-order valence-electron chi connectivity index (χ3n) is 2.31. The van der Waals surface area contributed by atoms with Gasteiger partial charge < -0.3 is 5.73 Å². The molecule has 0 aliphatic heterocycles. The van der Waals surface area contributed by atoms with Crippen LogP contribution in [0.4, 0.5) is 14.5 Å². The van der Waals surface area contributed by atoms with Gasteiger partial charge in [0.05, 0.1) is 6.20 Å². The molecule has 0 aliphatic carbocycles. The van der Waals surface area contributed by atoms with Gasteiger partial charge in [0, 0.05) is 24.0 Å². The van der Waals surface area contributed by atoms with E-state index in [2.05, 4.69) is 14.9 Å². The van der Waals surface area contributed by atoms with Gasteiger partial charge in [0.15, 0.2) is 4.90 Å². The molecule has 0 aliphatic rings. The molecule has 0 saturated heterocycles. The van der Waals surface area contributed by atoms with Crippen LogP contribution in [0.3, 0.4) is 0 Å². The zero-order valence-corrected chi connectivity index (χ0v) is 10.3. The maximum Gasteiger partial charge on any atom is 0.246 e. The smallest absolute Gasteiger partial charge is 0.246 e. The Bertz CT molecular complexity index is 663. The van der Waals surface area contributed by atoms with E-state index >= 15 is 0 Å². The summed E-state index contributed by atoms with van der Waals surface area (Å²) in [6, 6.07) is 1.49. The molecule has 0 atom stereocenters. The second-order valence-electron chi connectivity index (χ2n) is 3.74. The van der Waals surface area contributed by atoms with E-state index in [1.54, 1.807) is 0 Å². The normalized spacial score (nSPS) is 11.7. The number of nitrogens with one attached hydrogen (secondary N) is 2. The predicted octanol–water partition coefficient (Wildman–Crippen LogP) is 0.749. The molecule has 2 aromatic rings. The fourth-order valence-corrected chi connectivity index (χ4v) is 2.59. The molecule has 2 rings (SSSR count). The second-order valence-corrected chi connectivity index (χ2v) is 5.45. The van der Waals surface area contributed by atoms with E-state index < -0.39 is 26.6 Å². The van der Waals surface area contributed by atoms with Gasteiger partial charge in [-0.2, -0.15) is 5.10 Å². The van der Waals surface area contributed by atoms with Crippen LogP contribution < -0.4 is 10.5 Å². The number of rotatable bonds is 4. The molecule has 0 fully saturated rings. The number of nitrogen functional groups attached to an aromatic ring is 1. The number of nitrogens with two attached hydrogens (primary N) is 1. The van der Waals surface area contributed by atoms with Gasteiger partial charge in [0.2, 0.25) is 10.0 Å². The Morgan fingerprint density at radius 3 is 2.47 bits per heavy atom. The molecular formula is C10H10F2N4O2S. The summed E-state index contributed by atoms with van der Waals surface area (Å²) in [5.41, 5.74) is 5.55. The number of hydrogen-bond acceptors (Lipinski definition) is 4. The van der Waals surface area contributed by atoms with E-state index in [0.29, 0.717) is 5.56 Å². The Hall–Kier alpha value is -2.00. The number of benzene rings is 1. The largest absolute Gasteiger partial charge is 0.399 e. The molecule has 0 bridgehead atoms. The van der Waals surface area contributed by atoms with Gasteiger partial charge in [-0.15, -0.1) is 0 Å². The monoisotopic (exact) mass is 288 g/mol. The van der Waals surface area contributed by atoms with Crippen LogP contribution in [0.5, 0.6) is 0 Å². The van der Waals surface area contributed by atoms with Crippen molar-refractivity contribution >= 4 is 15.7 Å². The molecule has 4 N–H and O–H groups in total. The van der Waals surface area contributed by atoms with E-state index in [1.165, 1.54) is 12.4 Å². The molecule has 0 amide bonds. The summed E-state index contributed by atoms with van der Waals surface area (Å²) in [4.78, 5) is -1.05. The van der Waals surface area contributed by atoms with Crippen molar-refractivity contribution in [3.8, 4) is 0 Å². The van der Waals surface area contributed by atoms with Gasteiger partial charge in [0.1, 0.15) is 11.6 Å². The number of aromatic amines is 1. The number of sulfonamides is 1. The molecule has 6 nitrogen and oxygen atoms in total. The van der Waals surface area contributed by atoms with E-state index in [4.69, 9.17) is 5.73 Å². The number of H-pyrrole nitrogens is 1. The Labute approximate surface area is 107 Å². The molecule has 102 valence electrons. The first-order valence-corrected chi connectivity index (χ1v) is 6.60. The minimum Gasteiger partial charge on any atom is -0.399 e. The number of halogens is 2. The Balaban J connectivity index is 2.29. The van der Waals surface area contributed by atoms with Crippen LogP contribution in [-0.2, 0) is 16.6 Å². The summed E-state index contributed by atoms with van der Waals surface area (Å²) in [5, 5.41) is 6.10. The fourth-order valence-electron chi connectivity index (χ4n) is 1.46. The summed E-state index contributed by atoms with van der Waals surface area (Å²) < 4.78 is 52.7. The first kappa shape index (κ1) is 13.4. The fraction of sp³-hybridized carbons (Fsp3) is 0.100. The first-order valence-electron chi connectivity index (χ1n) is 5.12. The van der Waals surface area contributed by atoms with Gasteiger partial charge in [-0.05, 0) is 12.1 Å². The van der Waals surface area contributed by atoms with Gasteiger partial charge in [0.25, 0.3) is 0 Å². The van der Waals surface area contributed by atoms with Crippen LogP contribution in [0.1, 0.15) is 5.56 Å². The molecular weight excluding hydrogens is 278 g/mol. The summed E-state index contributed by atoms with van der Waals surface area (Å²) in [6.07, 6.45) is 2.84. The van der Waals surface area contributed by atoms with Crippen LogP contribution in [0.15, 0.2) is 29.4 Å². The standard InChI is InChI=1S/C10H10F2N4O2S/c11-8-1-7(13)2-9(12)10(8)19(17,18)16-5-6-3-14-15-4-6/h1-4,16H,5,13H2,(H,14,15). The number of anilines is 1. The average molecular weight is 288 g/mol. The summed E-state index contributed by atoms with van der Waals surface area (Å²) in [5.74, 6) is -2.48. The molecule has 19 heavy (non-hydrogen) atoms. The van der Waals surface area contributed by atoms with Crippen LogP contribution in [-0.4, -0.2) is 18.6 Å². The lowest BCUT2D eigenvalue weighted by molar-refractivity contribution is 0.514. The highest BCUT2D eigenvalue weighted by molar-refractivity contribution is 7.89. The summed E-state index contributed by atoms with van der Waals surface area (Å²) in [6.45, 7) is -0.137. The van der Waals surface area contributed by atoms with Crippen molar-refractivity contribution in [2.24, 2.45) is 0 Å². The van der Waals surface area contributed by atoms with Crippen molar-refractivity contribution in [1.29, 1.82) is 0 Å². The molecule has 1 heterocycles. The maximum absolute atomic E-state index is 13.5. The number of hydrogen-bond donors (Lipinski definition) is 3. The highest BCUT2D eigenvalue weighted by atomic mass is 32.2. The van der Waals surface area contributed by atoms with Gasteiger partial charge >= 0.3 is 0 Å². The first-order chi connectivity index (χ1) is 8.90. The average Bonchev–Trinajstić information content (AvgIpc) is 2.77. The zero-order chi connectivity index (χ0) is 14.0. The Kier molecular flexibility index (Phi) is 3.49. The van der Waals surface area contributed by atoms with Crippen LogP contribution in [0.2, 0.25) is 0 Å². The van der Waals surface area contributed by atoms with Crippen molar-refractivity contribution in [2.75, 3.05) is 5.73 Å². The molecule has 0 radical (unpaired) electrons. The molecule has 0 unspecified atom stereocenters. The molecule has 1 aromatic carbocycles. The second kappa shape index (κ2) is 4.94. The summed E-state index contributed by atoms with van der Waals surface area (Å²) >= 11 is 0. The van der Waals surface area contributed by atoms with Crippen LogP contribution >= 0.6 is 0 Å². The van der Waals surface area contributed by atoms with Crippen LogP contribution in [0, 0.1) is 11.6 Å². The quantitative estimate of drug-likeness (QED) is 0.722. The predicted molar refractivity (Wildman–Crippen MR) is 63.4 cm³/mol. The Morgan fingerprint density at radius 2 is 1.95 bits per heavy atom. The third kappa shape index (κ3) is 2.88. The summed E-state index contributed by atoms with van der Waals surface area (Å²) in [7, 11) is -4.31. The lowest BCUT2D eigenvalue weighted by Crippen LogP contribution is -2.25. The van der Waals surface area contributed by atoms with Gasteiger partial charge in [-0.1, -0.05) is 0 Å². The zero-order valence-electron chi connectivity index (χ0n) is 9.52. The van der Waals surface area contributed by atoms with Crippen molar-refractivity contribution in [1.82, 2.24) is 14.9 Å². The minimum atomic E-state index is -4.31. The van der Waals surface area contributed by atoms with Gasteiger partial charge in [-0.3, -0.25) is 5.10 Å². The van der Waals surface area contributed by atoms with E-state index in [9.17, 15) is 17.2 Å². The van der Waals surface area contributed by atoms with Crippen molar-refractivity contribution in [2.45, 2.75) is 11.4 Å². The highest BCUT2D eigenvalue weighted by Crippen LogP contribution is 2.21. The van der Waals surface area contributed by atoms with Crippen molar-refractivity contribution in [3.05, 3.63) is 41.7 Å². The molecule has 0 saturated carbocycles.